The first-order valence-electron chi connectivity index (χ1n) is 7.40. The number of carbonyl (C=O) groups is 1. The lowest BCUT2D eigenvalue weighted by atomic mass is 9.98. The van der Waals surface area contributed by atoms with E-state index in [2.05, 4.69) is 12.2 Å². The molecule has 1 aliphatic rings. The number of anilines is 1. The minimum atomic E-state index is -0.0209. The van der Waals surface area contributed by atoms with Crippen molar-refractivity contribution >= 4 is 11.6 Å². The number of rotatable bonds is 4. The second kappa shape index (κ2) is 6.75. The standard InChI is InChI=1S/C16H24N2O2/c1-12-8-10-18(11-9-12)13(2)16(19)17-14-6-4-5-7-15(14)20-3/h4-7,12-13H,8-11H2,1-3H3,(H,17,19)/p+1/t13-/m1/s1. The number of benzene rings is 1. The highest BCUT2D eigenvalue weighted by Gasteiger charge is 2.29. The third-order valence-corrected chi connectivity index (χ3v) is 4.29. The van der Waals surface area contributed by atoms with Crippen LogP contribution in [-0.2, 0) is 4.79 Å². The van der Waals surface area contributed by atoms with E-state index in [1.807, 2.05) is 31.2 Å². The first-order valence-corrected chi connectivity index (χ1v) is 7.40. The maximum atomic E-state index is 12.4. The van der Waals surface area contributed by atoms with Gasteiger partial charge < -0.3 is 15.0 Å². The molecule has 0 aromatic heterocycles. The summed E-state index contributed by atoms with van der Waals surface area (Å²) in [5.41, 5.74) is 0.747. The molecule has 4 heteroatoms. The van der Waals surface area contributed by atoms with Gasteiger partial charge >= 0.3 is 0 Å². The fraction of sp³-hybridized carbons (Fsp3) is 0.562. The van der Waals surface area contributed by atoms with E-state index in [4.69, 9.17) is 4.74 Å². The Kier molecular flexibility index (Phi) is 5.01. The predicted octanol–water partition coefficient (Wildman–Crippen LogP) is 1.34. The van der Waals surface area contributed by atoms with E-state index < -0.39 is 0 Å². The van der Waals surface area contributed by atoms with Gasteiger partial charge in [0, 0.05) is 0 Å². The molecule has 1 fully saturated rings. The van der Waals surface area contributed by atoms with Crippen LogP contribution in [0.4, 0.5) is 5.69 Å². The van der Waals surface area contributed by atoms with Crippen LogP contribution in [0.1, 0.15) is 26.7 Å². The number of carbonyl (C=O) groups excluding carboxylic acids is 1. The minimum Gasteiger partial charge on any atom is -0.495 e. The van der Waals surface area contributed by atoms with Crippen LogP contribution in [0, 0.1) is 5.92 Å². The number of hydrogen-bond donors (Lipinski definition) is 2. The number of amides is 1. The van der Waals surface area contributed by atoms with Gasteiger partial charge in [0.15, 0.2) is 6.04 Å². The number of nitrogens with one attached hydrogen (secondary N) is 2. The Morgan fingerprint density at radius 3 is 2.65 bits per heavy atom. The number of piperidine rings is 1. The van der Waals surface area contributed by atoms with E-state index in [0.717, 1.165) is 24.7 Å². The summed E-state index contributed by atoms with van der Waals surface area (Å²) in [5, 5.41) is 2.98. The van der Waals surface area contributed by atoms with Gasteiger partial charge in [0.1, 0.15) is 5.75 Å². The summed E-state index contributed by atoms with van der Waals surface area (Å²) in [4.78, 5) is 13.8. The van der Waals surface area contributed by atoms with Crippen LogP contribution in [0.15, 0.2) is 24.3 Å². The van der Waals surface area contributed by atoms with Crippen LogP contribution in [0.2, 0.25) is 0 Å². The summed E-state index contributed by atoms with van der Waals surface area (Å²) in [6, 6.07) is 7.51. The van der Waals surface area contributed by atoms with Gasteiger partial charge in [0.2, 0.25) is 0 Å². The Balaban J connectivity index is 1.97. The molecule has 1 aromatic rings. The molecule has 4 nitrogen and oxygen atoms in total. The van der Waals surface area contributed by atoms with Crippen LogP contribution >= 0.6 is 0 Å². The van der Waals surface area contributed by atoms with Crippen LogP contribution in [0.25, 0.3) is 0 Å². The summed E-state index contributed by atoms with van der Waals surface area (Å²) >= 11 is 0. The lowest BCUT2D eigenvalue weighted by Gasteiger charge is -2.31. The summed E-state index contributed by atoms with van der Waals surface area (Å²) < 4.78 is 5.26. The number of hydrogen-bond acceptors (Lipinski definition) is 2. The minimum absolute atomic E-state index is 0.0209. The van der Waals surface area contributed by atoms with Crippen molar-refractivity contribution in [1.29, 1.82) is 0 Å². The maximum Gasteiger partial charge on any atom is 0.282 e. The molecule has 1 saturated heterocycles. The molecule has 0 spiro atoms. The van der Waals surface area contributed by atoms with E-state index >= 15 is 0 Å². The zero-order chi connectivity index (χ0) is 14.5. The fourth-order valence-corrected chi connectivity index (χ4v) is 2.74. The van der Waals surface area contributed by atoms with Gasteiger partial charge in [-0.1, -0.05) is 19.1 Å². The molecule has 1 atom stereocenters. The smallest absolute Gasteiger partial charge is 0.282 e. The topological polar surface area (TPSA) is 42.8 Å². The maximum absolute atomic E-state index is 12.4. The second-order valence-electron chi connectivity index (χ2n) is 5.75. The summed E-state index contributed by atoms with van der Waals surface area (Å²) in [6.07, 6.45) is 2.42. The molecule has 1 aliphatic heterocycles. The Labute approximate surface area is 121 Å². The van der Waals surface area contributed by atoms with Gasteiger partial charge in [-0.25, -0.2) is 0 Å². The normalized spacial score (nSPS) is 23.9. The Morgan fingerprint density at radius 2 is 2.00 bits per heavy atom. The van der Waals surface area contributed by atoms with Gasteiger partial charge in [-0.05, 0) is 37.8 Å². The number of para-hydroxylation sites is 2. The largest absolute Gasteiger partial charge is 0.495 e. The number of quaternary nitrogens is 1. The molecule has 1 heterocycles. The SMILES string of the molecule is COc1ccccc1NC(=O)[C@@H](C)[NH+]1CCC(C)CC1. The predicted molar refractivity (Wildman–Crippen MR) is 80.2 cm³/mol. The van der Waals surface area contributed by atoms with Crippen molar-refractivity contribution in [3.8, 4) is 5.75 Å². The molecule has 1 amide bonds. The molecule has 0 saturated carbocycles. The van der Waals surface area contributed by atoms with Crippen molar-refractivity contribution in [2.45, 2.75) is 32.7 Å². The van der Waals surface area contributed by atoms with Crippen molar-refractivity contribution in [1.82, 2.24) is 0 Å². The van der Waals surface area contributed by atoms with Gasteiger partial charge in [0.25, 0.3) is 5.91 Å². The van der Waals surface area contributed by atoms with Crippen molar-refractivity contribution in [2.75, 3.05) is 25.5 Å². The quantitative estimate of drug-likeness (QED) is 0.872. The first-order chi connectivity index (χ1) is 9.61. The average molecular weight is 277 g/mol. The molecule has 0 radical (unpaired) electrons. The van der Waals surface area contributed by atoms with E-state index in [1.54, 1.807) is 7.11 Å². The number of ether oxygens (including phenoxy) is 1. The lowest BCUT2D eigenvalue weighted by Crippen LogP contribution is -3.17. The van der Waals surface area contributed by atoms with E-state index in [9.17, 15) is 4.79 Å². The Morgan fingerprint density at radius 1 is 1.35 bits per heavy atom. The second-order valence-corrected chi connectivity index (χ2v) is 5.75. The monoisotopic (exact) mass is 277 g/mol. The van der Waals surface area contributed by atoms with Gasteiger partial charge in [-0.15, -0.1) is 0 Å². The molecular formula is C16H25N2O2+. The molecule has 20 heavy (non-hydrogen) atoms. The number of likely N-dealkylation sites (tertiary alicyclic amines) is 1. The zero-order valence-corrected chi connectivity index (χ0v) is 12.6. The summed E-state index contributed by atoms with van der Waals surface area (Å²) in [6.45, 7) is 6.47. The molecule has 110 valence electrons. The van der Waals surface area contributed by atoms with Crippen molar-refractivity contribution in [2.24, 2.45) is 5.92 Å². The van der Waals surface area contributed by atoms with Crippen LogP contribution in [0.3, 0.4) is 0 Å². The molecule has 0 aliphatic carbocycles. The highest BCUT2D eigenvalue weighted by Crippen LogP contribution is 2.22. The van der Waals surface area contributed by atoms with E-state index in [0.29, 0.717) is 5.75 Å². The van der Waals surface area contributed by atoms with Crippen LogP contribution < -0.4 is 15.0 Å². The van der Waals surface area contributed by atoms with Gasteiger partial charge in [0.05, 0.1) is 25.9 Å². The third kappa shape index (κ3) is 3.51. The average Bonchev–Trinajstić information content (AvgIpc) is 2.48. The van der Waals surface area contributed by atoms with E-state index in [1.165, 1.54) is 17.7 Å². The van der Waals surface area contributed by atoms with Crippen molar-refractivity contribution < 1.29 is 14.4 Å². The summed E-state index contributed by atoms with van der Waals surface area (Å²) in [5.74, 6) is 1.57. The van der Waals surface area contributed by atoms with Crippen molar-refractivity contribution in [3.63, 3.8) is 0 Å². The van der Waals surface area contributed by atoms with Gasteiger partial charge in [-0.2, -0.15) is 0 Å². The number of methoxy groups -OCH3 is 1. The van der Waals surface area contributed by atoms with Crippen LogP contribution in [0.5, 0.6) is 5.75 Å². The highest BCUT2D eigenvalue weighted by molar-refractivity contribution is 5.94. The Bertz CT molecular complexity index is 454. The first kappa shape index (κ1) is 14.9. The highest BCUT2D eigenvalue weighted by atomic mass is 16.5. The Hall–Kier alpha value is -1.55. The van der Waals surface area contributed by atoms with Crippen LogP contribution in [-0.4, -0.2) is 32.1 Å². The fourth-order valence-electron chi connectivity index (χ4n) is 2.74. The van der Waals surface area contributed by atoms with Gasteiger partial charge in [-0.3, -0.25) is 4.79 Å². The molecular weight excluding hydrogens is 252 g/mol. The molecule has 1 aromatic carbocycles. The zero-order valence-electron chi connectivity index (χ0n) is 12.6. The third-order valence-electron chi connectivity index (χ3n) is 4.29. The molecule has 0 unspecified atom stereocenters. The molecule has 2 N–H and O–H groups in total. The molecule has 2 rings (SSSR count). The van der Waals surface area contributed by atoms with Crippen molar-refractivity contribution in [3.05, 3.63) is 24.3 Å². The molecule has 0 bridgehead atoms. The summed E-state index contributed by atoms with van der Waals surface area (Å²) in [7, 11) is 1.62. The van der Waals surface area contributed by atoms with E-state index in [-0.39, 0.29) is 11.9 Å². The lowest BCUT2D eigenvalue weighted by molar-refractivity contribution is -0.919.